The molecule has 2 unspecified atom stereocenters. The van der Waals surface area contributed by atoms with Crippen molar-refractivity contribution in [2.75, 3.05) is 0 Å². The molecule has 110 valence electrons. The molecule has 0 amide bonds. The topological polar surface area (TPSA) is 20.2 Å². The lowest BCUT2D eigenvalue weighted by Crippen LogP contribution is -2.34. The molecule has 3 rings (SSSR count). The van der Waals surface area contributed by atoms with Crippen molar-refractivity contribution in [3.63, 3.8) is 0 Å². The van der Waals surface area contributed by atoms with Crippen LogP contribution in [0.4, 0.5) is 0 Å². The van der Waals surface area contributed by atoms with Gasteiger partial charge in [-0.05, 0) is 47.4 Å². The van der Waals surface area contributed by atoms with E-state index in [1.54, 1.807) is 0 Å². The summed E-state index contributed by atoms with van der Waals surface area (Å²) in [6.45, 7) is 4.43. The zero-order valence-corrected chi connectivity index (χ0v) is 13.0. The Morgan fingerprint density at radius 3 is 2.43 bits per heavy atom. The highest BCUT2D eigenvalue weighted by molar-refractivity contribution is 5.39. The minimum Gasteiger partial charge on any atom is -0.385 e. The van der Waals surface area contributed by atoms with E-state index < -0.39 is 5.60 Å². The minimum atomic E-state index is -0.711. The molecule has 0 bridgehead atoms. The molecule has 1 heteroatoms. The van der Waals surface area contributed by atoms with Crippen LogP contribution in [0.5, 0.6) is 0 Å². The lowest BCUT2D eigenvalue weighted by atomic mass is 9.72. The van der Waals surface area contributed by atoms with E-state index in [9.17, 15) is 5.11 Å². The van der Waals surface area contributed by atoms with Crippen molar-refractivity contribution < 1.29 is 5.11 Å². The molecule has 2 aromatic rings. The second kappa shape index (κ2) is 5.65. The second-order valence-corrected chi connectivity index (χ2v) is 6.41. The van der Waals surface area contributed by atoms with Crippen LogP contribution >= 0.6 is 0 Å². The first-order valence-corrected chi connectivity index (χ1v) is 8.02. The first-order chi connectivity index (χ1) is 10.1. The van der Waals surface area contributed by atoms with Crippen LogP contribution < -0.4 is 0 Å². The molecule has 0 saturated heterocycles. The molecule has 1 aliphatic rings. The average Bonchev–Trinajstić information content (AvgIpc) is 2.52. The molecular formula is C20H24O. The predicted octanol–water partition coefficient (Wildman–Crippen LogP) is 4.58. The first kappa shape index (κ1) is 14.3. The van der Waals surface area contributed by atoms with E-state index in [-0.39, 0.29) is 0 Å². The van der Waals surface area contributed by atoms with Gasteiger partial charge in [0, 0.05) is 6.42 Å². The van der Waals surface area contributed by atoms with Gasteiger partial charge in [-0.15, -0.1) is 0 Å². The second-order valence-electron chi connectivity index (χ2n) is 6.41. The number of hydrogen-bond donors (Lipinski definition) is 1. The number of aliphatic hydroxyl groups is 1. The molecule has 21 heavy (non-hydrogen) atoms. The van der Waals surface area contributed by atoms with Crippen LogP contribution in [-0.4, -0.2) is 5.11 Å². The van der Waals surface area contributed by atoms with E-state index in [4.69, 9.17) is 0 Å². The molecule has 0 aromatic heterocycles. The summed E-state index contributed by atoms with van der Waals surface area (Å²) in [4.78, 5) is 0. The van der Waals surface area contributed by atoms with Gasteiger partial charge in [-0.1, -0.05) is 62.4 Å². The lowest BCUT2D eigenvalue weighted by Gasteiger charge is -2.37. The van der Waals surface area contributed by atoms with E-state index >= 15 is 0 Å². The summed E-state index contributed by atoms with van der Waals surface area (Å²) in [7, 11) is 0. The van der Waals surface area contributed by atoms with E-state index in [0.717, 1.165) is 24.8 Å². The Bertz CT molecular complexity index is 614. The smallest absolute Gasteiger partial charge is 0.0939 e. The summed E-state index contributed by atoms with van der Waals surface area (Å²) in [5, 5.41) is 11.2. The highest BCUT2D eigenvalue weighted by Gasteiger charge is 2.36. The summed E-state index contributed by atoms with van der Waals surface area (Å²) in [6, 6.07) is 17.1. The Balaban J connectivity index is 1.92. The molecule has 0 heterocycles. The van der Waals surface area contributed by atoms with Gasteiger partial charge in [0.2, 0.25) is 0 Å². The Labute approximate surface area is 127 Å². The number of rotatable bonds is 3. The average molecular weight is 280 g/mol. The molecule has 0 spiro atoms. The standard InChI is InChI=1S/C20H24O/c1-3-16-8-10-17(11-9-16)14-20(21)13-12-15(2)18-6-4-5-7-19(18)20/h4-11,15,21H,3,12-14H2,1-2H3. The monoisotopic (exact) mass is 280 g/mol. The number of fused-ring (bicyclic) bond motifs is 1. The molecule has 0 radical (unpaired) electrons. The fourth-order valence-electron chi connectivity index (χ4n) is 3.51. The SMILES string of the molecule is CCc1ccc(CC2(O)CCC(C)c3ccccc32)cc1. The normalized spacial score (nSPS) is 24.6. The molecule has 2 aromatic carbocycles. The maximum atomic E-state index is 11.2. The van der Waals surface area contributed by atoms with Crippen molar-refractivity contribution in [2.24, 2.45) is 0 Å². The quantitative estimate of drug-likeness (QED) is 0.872. The van der Waals surface area contributed by atoms with E-state index in [1.807, 2.05) is 6.07 Å². The number of benzene rings is 2. The maximum absolute atomic E-state index is 11.2. The Morgan fingerprint density at radius 1 is 1.05 bits per heavy atom. The van der Waals surface area contributed by atoms with Gasteiger partial charge in [0.15, 0.2) is 0 Å². The largest absolute Gasteiger partial charge is 0.385 e. The van der Waals surface area contributed by atoms with Crippen LogP contribution in [-0.2, 0) is 18.4 Å². The molecule has 1 aliphatic carbocycles. The zero-order valence-electron chi connectivity index (χ0n) is 13.0. The van der Waals surface area contributed by atoms with Crippen LogP contribution in [0.1, 0.15) is 54.9 Å². The van der Waals surface area contributed by atoms with Gasteiger partial charge < -0.3 is 5.11 Å². The van der Waals surface area contributed by atoms with E-state index in [2.05, 4.69) is 56.3 Å². The molecule has 1 N–H and O–H groups in total. The third-order valence-corrected chi connectivity index (χ3v) is 4.91. The fourth-order valence-corrected chi connectivity index (χ4v) is 3.51. The third kappa shape index (κ3) is 2.75. The van der Waals surface area contributed by atoms with Crippen molar-refractivity contribution in [1.82, 2.24) is 0 Å². The van der Waals surface area contributed by atoms with Crippen LogP contribution in [0.15, 0.2) is 48.5 Å². The fraction of sp³-hybridized carbons (Fsp3) is 0.400. The summed E-state index contributed by atoms with van der Waals surface area (Å²) in [6.07, 6.45) is 3.67. The Morgan fingerprint density at radius 2 is 1.71 bits per heavy atom. The van der Waals surface area contributed by atoms with Crippen LogP contribution in [0, 0.1) is 0 Å². The first-order valence-electron chi connectivity index (χ1n) is 8.02. The van der Waals surface area contributed by atoms with Gasteiger partial charge in [0.1, 0.15) is 0 Å². The number of aryl methyl sites for hydroxylation is 1. The molecule has 2 atom stereocenters. The van der Waals surface area contributed by atoms with Crippen molar-refractivity contribution in [1.29, 1.82) is 0 Å². The highest BCUT2D eigenvalue weighted by Crippen LogP contribution is 2.42. The van der Waals surface area contributed by atoms with Gasteiger partial charge in [-0.3, -0.25) is 0 Å². The van der Waals surface area contributed by atoms with Crippen molar-refractivity contribution in [2.45, 2.75) is 51.0 Å². The molecule has 0 saturated carbocycles. The summed E-state index contributed by atoms with van der Waals surface area (Å²) < 4.78 is 0. The zero-order chi connectivity index (χ0) is 14.9. The van der Waals surface area contributed by atoms with Crippen LogP contribution in [0.2, 0.25) is 0 Å². The molecule has 0 fully saturated rings. The van der Waals surface area contributed by atoms with Gasteiger partial charge in [0.05, 0.1) is 5.60 Å². The van der Waals surface area contributed by atoms with Crippen molar-refractivity contribution in [3.05, 3.63) is 70.8 Å². The van der Waals surface area contributed by atoms with E-state index in [0.29, 0.717) is 12.3 Å². The lowest BCUT2D eigenvalue weighted by molar-refractivity contribution is 0.0159. The predicted molar refractivity (Wildman–Crippen MR) is 87.5 cm³/mol. The van der Waals surface area contributed by atoms with Crippen LogP contribution in [0.3, 0.4) is 0 Å². The number of hydrogen-bond acceptors (Lipinski definition) is 1. The summed E-state index contributed by atoms with van der Waals surface area (Å²) in [5.74, 6) is 0.545. The van der Waals surface area contributed by atoms with Crippen LogP contribution in [0.25, 0.3) is 0 Å². The highest BCUT2D eigenvalue weighted by atomic mass is 16.3. The van der Waals surface area contributed by atoms with Crippen molar-refractivity contribution in [3.8, 4) is 0 Å². The maximum Gasteiger partial charge on any atom is 0.0939 e. The van der Waals surface area contributed by atoms with Gasteiger partial charge >= 0.3 is 0 Å². The minimum absolute atomic E-state index is 0.545. The Hall–Kier alpha value is -1.60. The van der Waals surface area contributed by atoms with Gasteiger partial charge in [-0.2, -0.15) is 0 Å². The van der Waals surface area contributed by atoms with Gasteiger partial charge in [-0.25, -0.2) is 0 Å². The van der Waals surface area contributed by atoms with Crippen molar-refractivity contribution >= 4 is 0 Å². The Kier molecular flexibility index (Phi) is 3.86. The molecule has 1 nitrogen and oxygen atoms in total. The van der Waals surface area contributed by atoms with Gasteiger partial charge in [0.25, 0.3) is 0 Å². The van der Waals surface area contributed by atoms with E-state index in [1.165, 1.54) is 16.7 Å². The molecule has 0 aliphatic heterocycles. The summed E-state index contributed by atoms with van der Waals surface area (Å²) >= 11 is 0. The summed E-state index contributed by atoms with van der Waals surface area (Å²) in [5.41, 5.74) is 4.30. The molecular weight excluding hydrogens is 256 g/mol. The third-order valence-electron chi connectivity index (χ3n) is 4.91.